The highest BCUT2D eigenvalue weighted by Crippen LogP contribution is 2.20. The van der Waals surface area contributed by atoms with E-state index in [2.05, 4.69) is 20.7 Å². The largest absolute Gasteiger partial charge is 0.411 e. The molecule has 0 amide bonds. The maximum atomic E-state index is 12.7. The molecule has 6 heteroatoms. The molecule has 0 saturated heterocycles. The van der Waals surface area contributed by atoms with Gasteiger partial charge in [-0.3, -0.25) is 0 Å². The Morgan fingerprint density at radius 2 is 1.93 bits per heavy atom. The zero-order valence-electron chi connectivity index (χ0n) is 7.44. The summed E-state index contributed by atoms with van der Waals surface area (Å²) in [6.45, 7) is -1.62. The Bertz CT molecular complexity index is 337. The van der Waals surface area contributed by atoms with Gasteiger partial charge in [0, 0.05) is 4.47 Å². The fourth-order valence-corrected chi connectivity index (χ4v) is 1.29. The molecule has 0 atom stereocenters. The molecule has 1 aromatic rings. The van der Waals surface area contributed by atoms with Gasteiger partial charge < -0.3 is 4.74 Å². The van der Waals surface area contributed by atoms with Crippen LogP contribution in [-0.4, -0.2) is 12.8 Å². The second-order valence-corrected chi connectivity index (χ2v) is 3.70. The van der Waals surface area contributed by atoms with Crippen molar-refractivity contribution in [1.29, 1.82) is 0 Å². The summed E-state index contributed by atoms with van der Waals surface area (Å²) in [6.07, 6.45) is -4.36. The lowest BCUT2D eigenvalue weighted by Gasteiger charge is -2.08. The fraction of sp³-hybridized carbons (Fsp3) is 0.333. The van der Waals surface area contributed by atoms with Crippen LogP contribution in [0.4, 0.5) is 17.6 Å². The van der Waals surface area contributed by atoms with Crippen LogP contribution in [-0.2, 0) is 11.3 Å². The Morgan fingerprint density at radius 1 is 1.27 bits per heavy atom. The van der Waals surface area contributed by atoms with Gasteiger partial charge in [-0.05, 0) is 23.8 Å². The van der Waals surface area contributed by atoms with E-state index in [4.69, 9.17) is 0 Å². The molecular formula is C9H7BrF4O. The number of hydrogen-bond acceptors (Lipinski definition) is 1. The molecule has 0 aromatic heterocycles. The lowest BCUT2D eigenvalue weighted by molar-refractivity contribution is -0.176. The molecule has 0 saturated carbocycles. The Kier molecular flexibility index (Phi) is 4.10. The first-order valence-corrected chi connectivity index (χ1v) is 4.76. The third-order valence-electron chi connectivity index (χ3n) is 1.53. The van der Waals surface area contributed by atoms with Crippen LogP contribution in [0.15, 0.2) is 22.7 Å². The minimum absolute atomic E-state index is 0.280. The van der Waals surface area contributed by atoms with E-state index in [0.29, 0.717) is 10.0 Å². The van der Waals surface area contributed by atoms with Gasteiger partial charge in [0.25, 0.3) is 0 Å². The van der Waals surface area contributed by atoms with E-state index in [-0.39, 0.29) is 6.61 Å². The zero-order chi connectivity index (χ0) is 11.5. The molecule has 0 unspecified atom stereocenters. The minimum Gasteiger partial charge on any atom is -0.367 e. The van der Waals surface area contributed by atoms with Gasteiger partial charge in [0.1, 0.15) is 12.4 Å². The van der Waals surface area contributed by atoms with E-state index in [1.54, 1.807) is 0 Å². The molecular weight excluding hydrogens is 280 g/mol. The van der Waals surface area contributed by atoms with Crippen LogP contribution in [0.3, 0.4) is 0 Å². The smallest absolute Gasteiger partial charge is 0.367 e. The number of ether oxygens (including phenoxy) is 1. The third kappa shape index (κ3) is 4.61. The van der Waals surface area contributed by atoms with Gasteiger partial charge in [-0.15, -0.1) is 0 Å². The molecule has 0 aliphatic heterocycles. The summed E-state index contributed by atoms with van der Waals surface area (Å²) >= 11 is 3.08. The Morgan fingerprint density at radius 3 is 2.53 bits per heavy atom. The molecule has 1 nitrogen and oxygen atoms in total. The highest BCUT2D eigenvalue weighted by atomic mass is 79.9. The van der Waals surface area contributed by atoms with Crippen molar-refractivity contribution in [3.63, 3.8) is 0 Å². The van der Waals surface area contributed by atoms with Gasteiger partial charge in [0.05, 0.1) is 6.61 Å². The van der Waals surface area contributed by atoms with Crippen LogP contribution in [0.25, 0.3) is 0 Å². The van der Waals surface area contributed by atoms with Gasteiger partial charge in [-0.2, -0.15) is 13.2 Å². The molecule has 0 bridgehead atoms. The van der Waals surface area contributed by atoms with Gasteiger partial charge >= 0.3 is 6.18 Å². The highest BCUT2D eigenvalue weighted by molar-refractivity contribution is 9.10. The van der Waals surface area contributed by atoms with E-state index in [9.17, 15) is 17.6 Å². The molecule has 0 spiro atoms. The van der Waals surface area contributed by atoms with Crippen molar-refractivity contribution in [2.45, 2.75) is 12.8 Å². The molecule has 1 rings (SSSR count). The monoisotopic (exact) mass is 286 g/mol. The number of hydrogen-bond donors (Lipinski definition) is 0. The Balaban J connectivity index is 2.54. The van der Waals surface area contributed by atoms with E-state index < -0.39 is 18.6 Å². The molecule has 0 N–H and O–H groups in total. The van der Waals surface area contributed by atoms with Gasteiger partial charge in [0.2, 0.25) is 0 Å². The second-order valence-electron chi connectivity index (χ2n) is 2.84. The molecule has 15 heavy (non-hydrogen) atoms. The predicted octanol–water partition coefficient (Wildman–Crippen LogP) is 3.67. The summed E-state index contributed by atoms with van der Waals surface area (Å²) in [5.74, 6) is -0.510. The average molecular weight is 287 g/mol. The van der Waals surface area contributed by atoms with E-state index in [1.807, 2.05) is 0 Å². The molecule has 84 valence electrons. The van der Waals surface area contributed by atoms with E-state index in [1.165, 1.54) is 12.1 Å². The van der Waals surface area contributed by atoms with Crippen molar-refractivity contribution in [2.24, 2.45) is 0 Å². The van der Waals surface area contributed by atoms with Crippen LogP contribution < -0.4 is 0 Å². The minimum atomic E-state index is -4.36. The van der Waals surface area contributed by atoms with Crippen molar-refractivity contribution in [2.75, 3.05) is 6.61 Å². The molecule has 0 radical (unpaired) electrons. The molecule has 0 fully saturated rings. The van der Waals surface area contributed by atoms with Crippen LogP contribution >= 0.6 is 15.9 Å². The SMILES string of the molecule is Fc1ccc(Br)c(COCC(F)(F)F)c1. The second kappa shape index (κ2) is 4.94. The molecule has 0 aliphatic carbocycles. The highest BCUT2D eigenvalue weighted by Gasteiger charge is 2.27. The number of benzene rings is 1. The van der Waals surface area contributed by atoms with Crippen molar-refractivity contribution in [1.82, 2.24) is 0 Å². The van der Waals surface area contributed by atoms with Crippen molar-refractivity contribution < 1.29 is 22.3 Å². The zero-order valence-corrected chi connectivity index (χ0v) is 9.03. The number of alkyl halides is 3. The van der Waals surface area contributed by atoms with E-state index >= 15 is 0 Å². The predicted molar refractivity (Wildman–Crippen MR) is 49.8 cm³/mol. The van der Waals surface area contributed by atoms with Gasteiger partial charge in [0.15, 0.2) is 0 Å². The van der Waals surface area contributed by atoms with Gasteiger partial charge in [-0.25, -0.2) is 4.39 Å². The topological polar surface area (TPSA) is 9.23 Å². The summed E-state index contributed by atoms with van der Waals surface area (Å²) in [5.41, 5.74) is 0.347. The standard InChI is InChI=1S/C9H7BrF4O/c10-8-2-1-7(11)3-6(8)4-15-5-9(12,13)14/h1-3H,4-5H2. The molecule has 1 aromatic carbocycles. The summed E-state index contributed by atoms with van der Waals surface area (Å²) < 4.78 is 52.8. The van der Waals surface area contributed by atoms with Crippen LogP contribution in [0.5, 0.6) is 0 Å². The summed E-state index contributed by atoms with van der Waals surface area (Å²) in [5, 5.41) is 0. The maximum Gasteiger partial charge on any atom is 0.411 e. The molecule has 0 aliphatic rings. The van der Waals surface area contributed by atoms with Crippen molar-refractivity contribution in [3.05, 3.63) is 34.1 Å². The van der Waals surface area contributed by atoms with Crippen LogP contribution in [0, 0.1) is 5.82 Å². The average Bonchev–Trinajstić information content (AvgIpc) is 2.09. The number of rotatable bonds is 3. The summed E-state index contributed by atoms with van der Waals surface area (Å²) in [4.78, 5) is 0. The molecule has 0 heterocycles. The lowest BCUT2D eigenvalue weighted by Crippen LogP contribution is -2.16. The summed E-state index contributed by atoms with van der Waals surface area (Å²) in [6, 6.07) is 3.75. The normalized spacial score (nSPS) is 11.8. The van der Waals surface area contributed by atoms with Crippen molar-refractivity contribution >= 4 is 15.9 Å². The van der Waals surface area contributed by atoms with Crippen molar-refractivity contribution in [3.8, 4) is 0 Å². The first kappa shape index (κ1) is 12.4. The lowest BCUT2D eigenvalue weighted by atomic mass is 10.2. The van der Waals surface area contributed by atoms with Gasteiger partial charge in [-0.1, -0.05) is 15.9 Å². The Labute approximate surface area is 92.2 Å². The third-order valence-corrected chi connectivity index (χ3v) is 2.30. The maximum absolute atomic E-state index is 12.7. The summed E-state index contributed by atoms with van der Waals surface area (Å²) in [7, 11) is 0. The first-order chi connectivity index (χ1) is 6.88. The van der Waals surface area contributed by atoms with E-state index in [0.717, 1.165) is 6.07 Å². The number of halogens is 5. The quantitative estimate of drug-likeness (QED) is 0.771. The Hall–Kier alpha value is -0.620. The van der Waals surface area contributed by atoms with Crippen LogP contribution in [0.2, 0.25) is 0 Å². The fourth-order valence-electron chi connectivity index (χ4n) is 0.931. The van der Waals surface area contributed by atoms with Crippen LogP contribution in [0.1, 0.15) is 5.56 Å². The first-order valence-electron chi connectivity index (χ1n) is 3.97.